The number of esters is 1. The van der Waals surface area contributed by atoms with Crippen LogP contribution in [0.15, 0.2) is 45.3 Å². The molecule has 0 radical (unpaired) electrons. The highest BCUT2D eigenvalue weighted by molar-refractivity contribution is 9.10. The number of Topliss-reactive ketones (excluding diaryl/α,β-unsaturated/α-hetero) is 1. The third-order valence-electron chi connectivity index (χ3n) is 4.11. The molecule has 1 aromatic heterocycles. The Morgan fingerprint density at radius 1 is 1.08 bits per heavy atom. The topological polar surface area (TPSA) is 56.5 Å². The Balaban J connectivity index is 1.78. The molecule has 0 bridgehead atoms. The number of fused-ring (bicyclic) bond motifs is 1. The van der Waals surface area contributed by atoms with Crippen molar-refractivity contribution in [2.24, 2.45) is 0 Å². The third-order valence-corrected chi connectivity index (χ3v) is 4.60. The monoisotopic (exact) mass is 400 g/mol. The maximum Gasteiger partial charge on any atom is 0.375 e. The lowest BCUT2D eigenvalue weighted by Gasteiger charge is -2.07. The van der Waals surface area contributed by atoms with Gasteiger partial charge in [-0.15, -0.1) is 0 Å². The summed E-state index contributed by atoms with van der Waals surface area (Å²) in [6.07, 6.45) is 0. The number of ketones is 1. The molecule has 4 nitrogen and oxygen atoms in total. The van der Waals surface area contributed by atoms with Gasteiger partial charge in [0, 0.05) is 21.0 Å². The highest BCUT2D eigenvalue weighted by atomic mass is 79.9. The number of hydrogen-bond acceptors (Lipinski definition) is 4. The maximum absolute atomic E-state index is 12.3. The van der Waals surface area contributed by atoms with Crippen LogP contribution in [0.4, 0.5) is 0 Å². The Hall–Kier alpha value is -2.40. The molecular weight excluding hydrogens is 384 g/mol. The fraction of sp³-hybridized carbons (Fsp3) is 0.200. The zero-order chi connectivity index (χ0) is 18.1. The van der Waals surface area contributed by atoms with Crippen molar-refractivity contribution in [3.8, 4) is 0 Å². The third kappa shape index (κ3) is 3.51. The molecule has 25 heavy (non-hydrogen) atoms. The minimum atomic E-state index is -0.636. The first-order valence-electron chi connectivity index (χ1n) is 7.83. The highest BCUT2D eigenvalue weighted by Crippen LogP contribution is 2.28. The molecular formula is C20H17BrO4. The summed E-state index contributed by atoms with van der Waals surface area (Å²) in [7, 11) is 0. The number of rotatable bonds is 4. The molecule has 2 aromatic carbocycles. The average Bonchev–Trinajstić information content (AvgIpc) is 2.91. The van der Waals surface area contributed by atoms with Gasteiger partial charge < -0.3 is 9.15 Å². The van der Waals surface area contributed by atoms with Crippen molar-refractivity contribution < 1.29 is 18.7 Å². The summed E-state index contributed by atoms with van der Waals surface area (Å²) in [5.41, 5.74) is 3.71. The fourth-order valence-electron chi connectivity index (χ4n) is 2.70. The van der Waals surface area contributed by atoms with Crippen molar-refractivity contribution in [3.63, 3.8) is 0 Å². The first-order valence-corrected chi connectivity index (χ1v) is 8.62. The first kappa shape index (κ1) is 17.4. The fourth-order valence-corrected chi connectivity index (χ4v) is 3.06. The first-order chi connectivity index (χ1) is 11.9. The molecule has 0 spiro atoms. The molecule has 3 rings (SSSR count). The van der Waals surface area contributed by atoms with E-state index in [1.165, 1.54) is 0 Å². The number of benzene rings is 2. The molecule has 0 aliphatic rings. The van der Waals surface area contributed by atoms with Crippen LogP contribution in [0.1, 0.15) is 37.6 Å². The van der Waals surface area contributed by atoms with Gasteiger partial charge in [0.2, 0.25) is 11.5 Å². The Morgan fingerprint density at radius 2 is 1.84 bits per heavy atom. The van der Waals surface area contributed by atoms with E-state index in [2.05, 4.69) is 15.9 Å². The molecule has 128 valence electrons. The van der Waals surface area contributed by atoms with Gasteiger partial charge in [0.15, 0.2) is 6.61 Å². The Bertz CT molecular complexity index is 985. The molecule has 1 heterocycles. The SMILES string of the molecule is Cc1ccc(C)c(C(=O)COC(=O)c2oc3ccc(Br)cc3c2C)c1. The average molecular weight is 401 g/mol. The Kier molecular flexibility index (Phi) is 4.77. The van der Waals surface area contributed by atoms with E-state index >= 15 is 0 Å². The number of carbonyl (C=O) groups is 2. The van der Waals surface area contributed by atoms with Gasteiger partial charge in [-0.2, -0.15) is 0 Å². The lowest BCUT2D eigenvalue weighted by molar-refractivity contribution is 0.0445. The molecule has 0 amide bonds. The number of hydrogen-bond donors (Lipinski definition) is 0. The van der Waals surface area contributed by atoms with Crippen LogP contribution in [0, 0.1) is 20.8 Å². The van der Waals surface area contributed by atoms with Crippen LogP contribution < -0.4 is 0 Å². The zero-order valence-corrected chi connectivity index (χ0v) is 15.8. The molecule has 0 aliphatic heterocycles. The van der Waals surface area contributed by atoms with Gasteiger partial charge in [0.25, 0.3) is 0 Å². The van der Waals surface area contributed by atoms with Crippen LogP contribution in [-0.4, -0.2) is 18.4 Å². The molecule has 5 heteroatoms. The Morgan fingerprint density at radius 3 is 2.60 bits per heavy atom. The molecule has 3 aromatic rings. The van der Waals surface area contributed by atoms with Gasteiger partial charge in [-0.05, 0) is 50.6 Å². The van der Waals surface area contributed by atoms with Gasteiger partial charge in [0.05, 0.1) is 0 Å². The minimum absolute atomic E-state index is 0.127. The van der Waals surface area contributed by atoms with E-state index in [-0.39, 0.29) is 18.2 Å². The van der Waals surface area contributed by atoms with Crippen molar-refractivity contribution >= 4 is 38.7 Å². The van der Waals surface area contributed by atoms with Crippen molar-refractivity contribution in [3.05, 3.63) is 68.9 Å². The second-order valence-corrected chi connectivity index (χ2v) is 6.93. The summed E-state index contributed by atoms with van der Waals surface area (Å²) in [5.74, 6) is -0.739. The van der Waals surface area contributed by atoms with E-state index in [0.717, 1.165) is 21.0 Å². The summed E-state index contributed by atoms with van der Waals surface area (Å²) in [4.78, 5) is 24.7. The summed E-state index contributed by atoms with van der Waals surface area (Å²) >= 11 is 3.40. The Labute approximate surface area is 153 Å². The standard InChI is InChI=1S/C20H17BrO4/c1-11-4-5-12(2)15(8-11)17(22)10-24-20(23)19-13(3)16-9-14(21)6-7-18(16)25-19/h4-9H,10H2,1-3H3. The number of aryl methyl sites for hydroxylation is 3. The quantitative estimate of drug-likeness (QED) is 0.448. The normalized spacial score (nSPS) is 10.9. The molecule has 0 atom stereocenters. The van der Waals surface area contributed by atoms with E-state index in [0.29, 0.717) is 16.7 Å². The van der Waals surface area contributed by atoms with Gasteiger partial charge in [0.1, 0.15) is 5.58 Å². The van der Waals surface area contributed by atoms with Crippen LogP contribution in [0.25, 0.3) is 11.0 Å². The second kappa shape index (κ2) is 6.84. The molecule has 0 fully saturated rings. The van der Waals surface area contributed by atoms with Crippen molar-refractivity contribution in [1.82, 2.24) is 0 Å². The summed E-state index contributed by atoms with van der Waals surface area (Å²) < 4.78 is 11.7. The van der Waals surface area contributed by atoms with Gasteiger partial charge in [-0.25, -0.2) is 4.79 Å². The summed E-state index contributed by atoms with van der Waals surface area (Å²) in [6.45, 7) is 5.25. The molecule has 0 saturated carbocycles. The predicted molar refractivity (Wildman–Crippen MR) is 99.2 cm³/mol. The number of halogens is 1. The number of furan rings is 1. The van der Waals surface area contributed by atoms with Crippen molar-refractivity contribution in [2.75, 3.05) is 6.61 Å². The summed E-state index contributed by atoms with van der Waals surface area (Å²) in [5, 5.41) is 0.835. The predicted octanol–water partition coefficient (Wildman–Crippen LogP) is 5.16. The maximum atomic E-state index is 12.3. The van der Waals surface area contributed by atoms with Crippen molar-refractivity contribution in [2.45, 2.75) is 20.8 Å². The van der Waals surface area contributed by atoms with Crippen LogP contribution in [0.2, 0.25) is 0 Å². The van der Waals surface area contributed by atoms with Gasteiger partial charge >= 0.3 is 5.97 Å². The summed E-state index contributed by atoms with van der Waals surface area (Å²) in [6, 6.07) is 11.1. The second-order valence-electron chi connectivity index (χ2n) is 6.01. The van der Waals surface area contributed by atoms with Gasteiger partial charge in [-0.1, -0.05) is 33.6 Å². The molecule has 0 saturated heterocycles. The van der Waals surface area contributed by atoms with E-state index in [1.807, 2.05) is 38.1 Å². The lowest BCUT2D eigenvalue weighted by atomic mass is 10.0. The van der Waals surface area contributed by atoms with Crippen LogP contribution in [0.3, 0.4) is 0 Å². The lowest BCUT2D eigenvalue weighted by Crippen LogP contribution is -2.15. The molecule has 0 aliphatic carbocycles. The van der Waals surface area contributed by atoms with Crippen LogP contribution >= 0.6 is 15.9 Å². The van der Waals surface area contributed by atoms with Crippen LogP contribution in [-0.2, 0) is 4.74 Å². The van der Waals surface area contributed by atoms with Crippen LogP contribution in [0.5, 0.6) is 0 Å². The minimum Gasteiger partial charge on any atom is -0.451 e. The van der Waals surface area contributed by atoms with E-state index in [4.69, 9.17) is 9.15 Å². The largest absolute Gasteiger partial charge is 0.451 e. The molecule has 0 N–H and O–H groups in total. The van der Waals surface area contributed by atoms with Crippen molar-refractivity contribution in [1.29, 1.82) is 0 Å². The van der Waals surface area contributed by atoms with E-state index in [1.54, 1.807) is 19.1 Å². The highest BCUT2D eigenvalue weighted by Gasteiger charge is 2.21. The number of carbonyl (C=O) groups excluding carboxylic acids is 2. The smallest absolute Gasteiger partial charge is 0.375 e. The zero-order valence-electron chi connectivity index (χ0n) is 14.2. The van der Waals surface area contributed by atoms with E-state index < -0.39 is 5.97 Å². The van der Waals surface area contributed by atoms with E-state index in [9.17, 15) is 9.59 Å². The number of ether oxygens (including phenoxy) is 1. The molecule has 0 unspecified atom stereocenters. The van der Waals surface area contributed by atoms with Gasteiger partial charge in [-0.3, -0.25) is 4.79 Å².